The minimum absolute atomic E-state index is 0.134. The predicted molar refractivity (Wildman–Crippen MR) is 85.3 cm³/mol. The van der Waals surface area contributed by atoms with Crippen LogP contribution in [0.3, 0.4) is 0 Å². The van der Waals surface area contributed by atoms with Gasteiger partial charge in [0.1, 0.15) is 6.04 Å². The molecule has 5 nitrogen and oxygen atoms in total. The SMILES string of the molecule is COC(=O)[C@H](CCSC)NC(=O)N[C@@H](C)c1ccccc1. The van der Waals surface area contributed by atoms with Gasteiger partial charge in [-0.15, -0.1) is 0 Å². The van der Waals surface area contributed by atoms with Crippen molar-refractivity contribution in [3.05, 3.63) is 35.9 Å². The molecule has 0 saturated carbocycles. The van der Waals surface area contributed by atoms with Gasteiger partial charge in [0.05, 0.1) is 13.2 Å². The molecule has 0 aromatic heterocycles. The Bertz CT molecular complexity index is 453. The van der Waals surface area contributed by atoms with E-state index in [4.69, 9.17) is 4.74 Å². The van der Waals surface area contributed by atoms with Crippen molar-refractivity contribution < 1.29 is 14.3 Å². The zero-order valence-corrected chi connectivity index (χ0v) is 13.4. The van der Waals surface area contributed by atoms with Crippen LogP contribution in [0.25, 0.3) is 0 Å². The Morgan fingerprint density at radius 1 is 1.24 bits per heavy atom. The van der Waals surface area contributed by atoms with Crippen LogP contribution < -0.4 is 10.6 Å². The first-order chi connectivity index (χ1) is 10.1. The number of carbonyl (C=O) groups is 2. The highest BCUT2D eigenvalue weighted by Crippen LogP contribution is 2.11. The lowest BCUT2D eigenvalue weighted by molar-refractivity contribution is -0.142. The van der Waals surface area contributed by atoms with Crippen LogP contribution in [0.15, 0.2) is 30.3 Å². The highest BCUT2D eigenvalue weighted by Gasteiger charge is 2.21. The number of amides is 2. The average Bonchev–Trinajstić information content (AvgIpc) is 2.51. The van der Waals surface area contributed by atoms with E-state index in [1.807, 2.05) is 43.5 Å². The maximum atomic E-state index is 12.0. The van der Waals surface area contributed by atoms with Crippen LogP contribution in [0.5, 0.6) is 0 Å². The van der Waals surface area contributed by atoms with Gasteiger partial charge in [-0.05, 0) is 30.9 Å². The van der Waals surface area contributed by atoms with Gasteiger partial charge in [0.25, 0.3) is 0 Å². The van der Waals surface area contributed by atoms with E-state index in [1.165, 1.54) is 7.11 Å². The van der Waals surface area contributed by atoms with E-state index in [9.17, 15) is 9.59 Å². The summed E-state index contributed by atoms with van der Waals surface area (Å²) in [5.41, 5.74) is 1.01. The Morgan fingerprint density at radius 2 is 1.90 bits per heavy atom. The summed E-state index contributed by atoms with van der Waals surface area (Å²) < 4.78 is 4.71. The van der Waals surface area contributed by atoms with Crippen molar-refractivity contribution in [1.29, 1.82) is 0 Å². The fourth-order valence-electron chi connectivity index (χ4n) is 1.85. The molecule has 2 amide bonds. The molecule has 0 bridgehead atoms. The number of rotatable bonds is 7. The molecule has 0 radical (unpaired) electrons. The van der Waals surface area contributed by atoms with Gasteiger partial charge in [-0.3, -0.25) is 0 Å². The summed E-state index contributed by atoms with van der Waals surface area (Å²) in [6.07, 6.45) is 2.49. The molecule has 0 unspecified atom stereocenters. The van der Waals surface area contributed by atoms with Crippen LogP contribution >= 0.6 is 11.8 Å². The Hall–Kier alpha value is -1.69. The molecule has 0 aliphatic rings. The van der Waals surface area contributed by atoms with Gasteiger partial charge < -0.3 is 15.4 Å². The van der Waals surface area contributed by atoms with Crippen LogP contribution in [-0.4, -0.2) is 37.2 Å². The maximum absolute atomic E-state index is 12.0. The lowest BCUT2D eigenvalue weighted by Crippen LogP contribution is -2.47. The van der Waals surface area contributed by atoms with Gasteiger partial charge in [-0.1, -0.05) is 30.3 Å². The Balaban J connectivity index is 2.55. The second-order valence-electron chi connectivity index (χ2n) is 4.61. The zero-order chi connectivity index (χ0) is 15.7. The van der Waals surface area contributed by atoms with Crippen molar-refractivity contribution in [2.45, 2.75) is 25.4 Å². The first-order valence-corrected chi connectivity index (χ1v) is 8.16. The van der Waals surface area contributed by atoms with E-state index in [1.54, 1.807) is 11.8 Å². The largest absolute Gasteiger partial charge is 0.467 e. The number of hydrogen-bond donors (Lipinski definition) is 2. The fourth-order valence-corrected chi connectivity index (χ4v) is 2.32. The third-order valence-electron chi connectivity index (χ3n) is 3.05. The van der Waals surface area contributed by atoms with Crippen molar-refractivity contribution in [1.82, 2.24) is 10.6 Å². The van der Waals surface area contributed by atoms with Crippen molar-refractivity contribution >= 4 is 23.8 Å². The van der Waals surface area contributed by atoms with E-state index in [0.717, 1.165) is 11.3 Å². The summed E-state index contributed by atoms with van der Waals surface area (Å²) >= 11 is 1.62. The van der Waals surface area contributed by atoms with E-state index < -0.39 is 12.0 Å². The van der Waals surface area contributed by atoms with Gasteiger partial charge in [-0.2, -0.15) is 11.8 Å². The molecule has 6 heteroatoms. The molecule has 1 rings (SSSR count). The quantitative estimate of drug-likeness (QED) is 0.759. The summed E-state index contributed by atoms with van der Waals surface area (Å²) in [6, 6.07) is 8.51. The van der Waals surface area contributed by atoms with E-state index in [-0.39, 0.29) is 12.1 Å². The molecule has 0 fully saturated rings. The van der Waals surface area contributed by atoms with Gasteiger partial charge >= 0.3 is 12.0 Å². The topological polar surface area (TPSA) is 67.4 Å². The second-order valence-corrected chi connectivity index (χ2v) is 5.59. The van der Waals surface area contributed by atoms with E-state index in [0.29, 0.717) is 6.42 Å². The number of nitrogens with one attached hydrogen (secondary N) is 2. The zero-order valence-electron chi connectivity index (χ0n) is 12.6. The predicted octanol–water partition coefficient (Wildman–Crippen LogP) is 2.34. The van der Waals surface area contributed by atoms with Crippen LogP contribution in [0, 0.1) is 0 Å². The number of esters is 1. The summed E-state index contributed by atoms with van der Waals surface area (Å²) in [7, 11) is 1.32. The Morgan fingerprint density at radius 3 is 2.48 bits per heavy atom. The third-order valence-corrected chi connectivity index (χ3v) is 3.69. The second kappa shape index (κ2) is 9.28. The lowest BCUT2D eigenvalue weighted by atomic mass is 10.1. The van der Waals surface area contributed by atoms with Gasteiger partial charge in [0, 0.05) is 0 Å². The minimum Gasteiger partial charge on any atom is -0.467 e. The normalized spacial score (nSPS) is 13.1. The van der Waals surface area contributed by atoms with E-state index in [2.05, 4.69) is 10.6 Å². The number of ether oxygens (including phenoxy) is 1. The van der Waals surface area contributed by atoms with Crippen molar-refractivity contribution in [2.24, 2.45) is 0 Å². The van der Waals surface area contributed by atoms with Crippen molar-refractivity contribution in [2.75, 3.05) is 19.1 Å². The molecular weight excluding hydrogens is 288 g/mol. The number of carbonyl (C=O) groups excluding carboxylic acids is 2. The van der Waals surface area contributed by atoms with E-state index >= 15 is 0 Å². The van der Waals surface area contributed by atoms with Gasteiger partial charge in [-0.25, -0.2) is 9.59 Å². The molecule has 0 spiro atoms. The lowest BCUT2D eigenvalue weighted by Gasteiger charge is -2.19. The molecule has 2 N–H and O–H groups in total. The average molecular weight is 310 g/mol. The minimum atomic E-state index is -0.620. The Kier molecular flexibility index (Phi) is 7.68. The van der Waals surface area contributed by atoms with Gasteiger partial charge in [0.2, 0.25) is 0 Å². The summed E-state index contributed by atoms with van der Waals surface area (Å²) in [4.78, 5) is 23.6. The van der Waals surface area contributed by atoms with Crippen molar-refractivity contribution in [3.63, 3.8) is 0 Å². The van der Waals surface area contributed by atoms with Crippen LogP contribution in [0.4, 0.5) is 4.79 Å². The molecular formula is C15H22N2O3S. The fraction of sp³-hybridized carbons (Fsp3) is 0.467. The number of hydrogen-bond acceptors (Lipinski definition) is 4. The maximum Gasteiger partial charge on any atom is 0.328 e. The summed E-state index contributed by atoms with van der Waals surface area (Å²) in [5, 5.41) is 5.48. The molecule has 0 aliphatic heterocycles. The molecule has 0 heterocycles. The first kappa shape index (κ1) is 17.4. The molecule has 2 atom stereocenters. The smallest absolute Gasteiger partial charge is 0.328 e. The third kappa shape index (κ3) is 6.08. The number of methoxy groups -OCH3 is 1. The van der Waals surface area contributed by atoms with Gasteiger partial charge in [0.15, 0.2) is 0 Å². The number of benzene rings is 1. The molecule has 1 aromatic rings. The Labute approximate surface area is 129 Å². The van der Waals surface area contributed by atoms with Crippen LogP contribution in [0.1, 0.15) is 24.9 Å². The molecule has 0 saturated heterocycles. The first-order valence-electron chi connectivity index (χ1n) is 6.77. The van der Waals surface area contributed by atoms with Crippen LogP contribution in [-0.2, 0) is 9.53 Å². The van der Waals surface area contributed by atoms with Crippen LogP contribution in [0.2, 0.25) is 0 Å². The molecule has 0 aliphatic carbocycles. The molecule has 21 heavy (non-hydrogen) atoms. The summed E-state index contributed by atoms with van der Waals surface area (Å²) in [6.45, 7) is 1.89. The highest BCUT2D eigenvalue weighted by atomic mass is 32.2. The monoisotopic (exact) mass is 310 g/mol. The molecule has 116 valence electrons. The number of urea groups is 1. The summed E-state index contributed by atoms with van der Waals surface area (Å²) in [5.74, 6) is 0.348. The molecule has 1 aromatic carbocycles. The highest BCUT2D eigenvalue weighted by molar-refractivity contribution is 7.98. The standard InChI is InChI=1S/C15H22N2O3S/c1-11(12-7-5-4-6-8-12)16-15(19)17-13(9-10-21-3)14(18)20-2/h4-8,11,13H,9-10H2,1-3H3,(H2,16,17,19)/t11-,13-/m0/s1. The number of thioether (sulfide) groups is 1. The van der Waals surface area contributed by atoms with Crippen molar-refractivity contribution in [3.8, 4) is 0 Å².